The van der Waals surface area contributed by atoms with Crippen LogP contribution in [0.3, 0.4) is 0 Å². The van der Waals surface area contributed by atoms with E-state index in [1.165, 1.54) is 0 Å². The molecule has 0 radical (unpaired) electrons. The van der Waals surface area contributed by atoms with Crippen molar-refractivity contribution in [3.05, 3.63) is 16.0 Å². The number of rotatable bonds is 3. The van der Waals surface area contributed by atoms with Gasteiger partial charge in [-0.05, 0) is 33.0 Å². The number of hydrogen-bond acceptors (Lipinski definition) is 5. The third-order valence-electron chi connectivity index (χ3n) is 4.59. The summed E-state index contributed by atoms with van der Waals surface area (Å²) in [4.78, 5) is 22.0. The van der Waals surface area contributed by atoms with E-state index in [-0.39, 0.29) is 5.56 Å². The molecule has 0 aliphatic carbocycles. The van der Waals surface area contributed by atoms with Gasteiger partial charge in [0.1, 0.15) is 5.52 Å². The summed E-state index contributed by atoms with van der Waals surface area (Å²) in [5.41, 5.74) is 2.01. The largest absolute Gasteiger partial charge is 0.363 e. The Morgan fingerprint density at radius 2 is 1.92 bits per heavy atom. The number of thiocarbonyl (C=S) groups is 1. The molecule has 1 fully saturated rings. The van der Waals surface area contributed by atoms with Crippen LogP contribution in [0, 0.1) is 6.92 Å². The highest BCUT2D eigenvalue weighted by Gasteiger charge is 2.24. The number of nitrogens with zero attached hydrogens (tertiary/aromatic N) is 6. The van der Waals surface area contributed by atoms with Crippen LogP contribution in [-0.2, 0) is 13.6 Å². The molecule has 0 bridgehead atoms. The minimum atomic E-state index is -0.0313. The fourth-order valence-corrected chi connectivity index (χ4v) is 3.63. The van der Waals surface area contributed by atoms with Gasteiger partial charge in [0.15, 0.2) is 10.6 Å². The van der Waals surface area contributed by atoms with E-state index in [0.29, 0.717) is 17.6 Å². The quantitative estimate of drug-likeness (QED) is 0.795. The van der Waals surface area contributed by atoms with Gasteiger partial charge in [0.2, 0.25) is 5.95 Å². The second-order valence-corrected chi connectivity index (χ2v) is 6.56. The zero-order chi connectivity index (χ0) is 18.1. The van der Waals surface area contributed by atoms with Crippen molar-refractivity contribution < 1.29 is 0 Å². The first-order chi connectivity index (χ1) is 12.0. The van der Waals surface area contributed by atoms with Crippen LogP contribution in [0.2, 0.25) is 0 Å². The topological polar surface area (TPSA) is 71.2 Å². The van der Waals surface area contributed by atoms with E-state index in [1.54, 1.807) is 16.3 Å². The molecule has 1 aliphatic heterocycles. The molecule has 0 amide bonds. The molecular formula is C16H25N7OS. The molecule has 3 rings (SSSR count). The van der Waals surface area contributed by atoms with Gasteiger partial charge in [0, 0.05) is 46.3 Å². The van der Waals surface area contributed by atoms with E-state index < -0.39 is 0 Å². The van der Waals surface area contributed by atoms with Gasteiger partial charge in [-0.15, -0.1) is 0 Å². The molecule has 3 heterocycles. The maximum Gasteiger partial charge on any atom is 0.281 e. The Morgan fingerprint density at radius 1 is 1.24 bits per heavy atom. The monoisotopic (exact) mass is 363 g/mol. The van der Waals surface area contributed by atoms with Crippen LogP contribution < -0.4 is 15.8 Å². The Bertz CT molecular complexity index is 848. The van der Waals surface area contributed by atoms with Crippen molar-refractivity contribution in [1.29, 1.82) is 0 Å². The maximum atomic E-state index is 12.9. The summed E-state index contributed by atoms with van der Waals surface area (Å²) in [6.07, 6.45) is 0. The number of aromatic nitrogens is 4. The van der Waals surface area contributed by atoms with Crippen LogP contribution in [0.5, 0.6) is 0 Å². The molecule has 25 heavy (non-hydrogen) atoms. The highest BCUT2D eigenvalue weighted by atomic mass is 32.1. The van der Waals surface area contributed by atoms with Crippen molar-refractivity contribution >= 4 is 34.3 Å². The fraction of sp³-hybridized carbons (Fsp3) is 0.625. The van der Waals surface area contributed by atoms with Gasteiger partial charge in [0.25, 0.3) is 5.56 Å². The van der Waals surface area contributed by atoms with Gasteiger partial charge in [-0.25, -0.2) is 4.98 Å². The number of fused-ring (bicyclic) bond motifs is 1. The second-order valence-electron chi connectivity index (χ2n) is 6.18. The smallest absolute Gasteiger partial charge is 0.281 e. The molecule has 8 nitrogen and oxygen atoms in total. The van der Waals surface area contributed by atoms with Gasteiger partial charge in [0.05, 0.1) is 5.69 Å². The molecule has 2 aromatic heterocycles. The van der Waals surface area contributed by atoms with Gasteiger partial charge in [-0.2, -0.15) is 5.10 Å². The average molecular weight is 363 g/mol. The van der Waals surface area contributed by atoms with Gasteiger partial charge in [-0.3, -0.25) is 14.0 Å². The summed E-state index contributed by atoms with van der Waals surface area (Å²) >= 11 is 5.40. The zero-order valence-corrected chi connectivity index (χ0v) is 16.1. The standard InChI is InChI=1S/C16H25N7OS/c1-5-17-16(25)22-9-7-21(8-10-22)15-18-12-11(3)19-20(4)13(12)14(24)23(15)6-2/h5-10H2,1-4H3,(H,17,25). The van der Waals surface area contributed by atoms with Crippen molar-refractivity contribution in [3.8, 4) is 0 Å². The normalized spacial score (nSPS) is 15.0. The Labute approximate surface area is 152 Å². The molecule has 1 aliphatic rings. The van der Waals surface area contributed by atoms with Crippen LogP contribution in [0.1, 0.15) is 19.5 Å². The van der Waals surface area contributed by atoms with Crippen LogP contribution in [-0.4, -0.2) is 62.1 Å². The molecule has 1 saturated heterocycles. The highest BCUT2D eigenvalue weighted by Crippen LogP contribution is 2.18. The van der Waals surface area contributed by atoms with Crippen LogP contribution in [0.4, 0.5) is 5.95 Å². The van der Waals surface area contributed by atoms with Crippen molar-refractivity contribution in [3.63, 3.8) is 0 Å². The predicted octanol–water partition coefficient (Wildman–Crippen LogP) is 0.475. The van der Waals surface area contributed by atoms with Gasteiger partial charge >= 0.3 is 0 Å². The molecule has 9 heteroatoms. The molecule has 0 atom stereocenters. The third kappa shape index (κ3) is 3.08. The fourth-order valence-electron chi connectivity index (χ4n) is 3.30. The van der Waals surface area contributed by atoms with E-state index >= 15 is 0 Å². The Kier molecular flexibility index (Phi) is 4.94. The zero-order valence-electron chi connectivity index (χ0n) is 15.2. The summed E-state index contributed by atoms with van der Waals surface area (Å²) < 4.78 is 3.37. The van der Waals surface area contributed by atoms with Crippen LogP contribution >= 0.6 is 12.2 Å². The summed E-state index contributed by atoms with van der Waals surface area (Å²) in [6, 6.07) is 0. The summed E-state index contributed by atoms with van der Waals surface area (Å²) in [5.74, 6) is 0.727. The number of anilines is 1. The van der Waals surface area contributed by atoms with Crippen LogP contribution in [0.15, 0.2) is 4.79 Å². The lowest BCUT2D eigenvalue weighted by molar-refractivity contribution is 0.376. The summed E-state index contributed by atoms with van der Waals surface area (Å²) in [5, 5.41) is 8.34. The average Bonchev–Trinajstić information content (AvgIpc) is 2.89. The number of hydrogen-bond donors (Lipinski definition) is 1. The van der Waals surface area contributed by atoms with Crippen molar-refractivity contribution in [2.75, 3.05) is 37.6 Å². The molecule has 0 spiro atoms. The number of aryl methyl sites for hydroxylation is 2. The summed E-state index contributed by atoms with van der Waals surface area (Å²) in [7, 11) is 1.79. The maximum absolute atomic E-state index is 12.9. The first-order valence-corrected chi connectivity index (χ1v) is 9.10. The first kappa shape index (κ1) is 17.7. The Hall–Kier alpha value is -2.16. The van der Waals surface area contributed by atoms with Gasteiger partial charge < -0.3 is 15.1 Å². The third-order valence-corrected chi connectivity index (χ3v) is 4.99. The van der Waals surface area contributed by atoms with E-state index in [4.69, 9.17) is 17.2 Å². The highest BCUT2D eigenvalue weighted by molar-refractivity contribution is 7.80. The Morgan fingerprint density at radius 3 is 2.52 bits per heavy atom. The number of piperazine rings is 1. The first-order valence-electron chi connectivity index (χ1n) is 8.69. The van der Waals surface area contributed by atoms with E-state index in [9.17, 15) is 4.79 Å². The number of nitrogens with one attached hydrogen (secondary N) is 1. The summed E-state index contributed by atoms with van der Waals surface area (Å²) in [6.45, 7) is 10.5. The minimum absolute atomic E-state index is 0.0313. The van der Waals surface area contributed by atoms with E-state index in [0.717, 1.165) is 49.5 Å². The molecule has 0 unspecified atom stereocenters. The second kappa shape index (κ2) is 6.99. The van der Waals surface area contributed by atoms with Crippen molar-refractivity contribution in [2.45, 2.75) is 27.3 Å². The van der Waals surface area contributed by atoms with Crippen LogP contribution in [0.25, 0.3) is 11.0 Å². The lowest BCUT2D eigenvalue weighted by Gasteiger charge is -2.37. The lowest BCUT2D eigenvalue weighted by atomic mass is 10.3. The lowest BCUT2D eigenvalue weighted by Crippen LogP contribution is -2.52. The SMILES string of the molecule is CCNC(=S)N1CCN(c2nc3c(C)nn(C)c3c(=O)n2CC)CC1. The molecule has 136 valence electrons. The molecule has 2 aromatic rings. The minimum Gasteiger partial charge on any atom is -0.363 e. The van der Waals surface area contributed by atoms with Crippen molar-refractivity contribution in [2.24, 2.45) is 7.05 Å². The van der Waals surface area contributed by atoms with Gasteiger partial charge in [-0.1, -0.05) is 0 Å². The van der Waals surface area contributed by atoms with Crippen molar-refractivity contribution in [1.82, 2.24) is 29.5 Å². The predicted molar refractivity (Wildman–Crippen MR) is 103 cm³/mol. The molecular weight excluding hydrogens is 338 g/mol. The van der Waals surface area contributed by atoms with E-state index in [2.05, 4.69) is 20.2 Å². The molecule has 0 aromatic carbocycles. The van der Waals surface area contributed by atoms with E-state index in [1.807, 2.05) is 20.8 Å². The Balaban J connectivity index is 1.93. The molecule has 1 N–H and O–H groups in total. The molecule has 0 saturated carbocycles.